The zero-order chi connectivity index (χ0) is 18.1. The number of rotatable bonds is 4. The molecule has 26 heavy (non-hydrogen) atoms. The van der Waals surface area contributed by atoms with Crippen LogP contribution in [0.3, 0.4) is 0 Å². The highest BCUT2D eigenvalue weighted by molar-refractivity contribution is 9.10. The van der Waals surface area contributed by atoms with Crippen molar-refractivity contribution in [2.75, 3.05) is 5.32 Å². The molecule has 2 heterocycles. The summed E-state index contributed by atoms with van der Waals surface area (Å²) in [6.07, 6.45) is 0.797. The van der Waals surface area contributed by atoms with Crippen LogP contribution in [0.25, 0.3) is 21.2 Å². The number of hydrogen-bond acceptors (Lipinski definition) is 4. The lowest BCUT2D eigenvalue weighted by molar-refractivity contribution is 0.102. The number of amides is 1. The molecule has 4 rings (SSSR count). The molecular weight excluding hydrogens is 430 g/mol. The predicted molar refractivity (Wildman–Crippen MR) is 113 cm³/mol. The Hall–Kier alpha value is -2.28. The second-order valence-corrected chi connectivity index (χ2v) is 8.39. The first kappa shape index (κ1) is 17.1. The van der Waals surface area contributed by atoms with E-state index < -0.39 is 0 Å². The molecule has 2 aromatic carbocycles. The fourth-order valence-corrected chi connectivity index (χ4v) is 4.69. The zero-order valence-corrected chi connectivity index (χ0v) is 16.6. The first-order chi connectivity index (χ1) is 12.7. The summed E-state index contributed by atoms with van der Waals surface area (Å²) in [7, 11) is 0. The van der Waals surface area contributed by atoms with E-state index in [1.165, 1.54) is 11.3 Å². The Morgan fingerprint density at radius 3 is 2.62 bits per heavy atom. The smallest absolute Gasteiger partial charge is 0.256 e. The number of nitrogens with one attached hydrogen (secondary N) is 1. The fraction of sp³-hybridized carbons (Fsp3) is 0. The highest BCUT2D eigenvalue weighted by atomic mass is 79.9. The van der Waals surface area contributed by atoms with Gasteiger partial charge in [0.2, 0.25) is 0 Å². The largest absolute Gasteiger partial charge is 0.313 e. The summed E-state index contributed by atoms with van der Waals surface area (Å²) in [5, 5.41) is 8.38. The van der Waals surface area contributed by atoms with Crippen molar-refractivity contribution in [2.24, 2.45) is 0 Å². The van der Waals surface area contributed by atoms with Gasteiger partial charge in [-0.3, -0.25) is 9.59 Å². The topological polar surface area (TPSA) is 46.2 Å². The van der Waals surface area contributed by atoms with E-state index in [1.807, 2.05) is 53.2 Å². The van der Waals surface area contributed by atoms with Gasteiger partial charge in [0.05, 0.1) is 5.56 Å². The van der Waals surface area contributed by atoms with Crippen LogP contribution in [0.5, 0.6) is 0 Å². The van der Waals surface area contributed by atoms with Crippen LogP contribution >= 0.6 is 38.6 Å². The van der Waals surface area contributed by atoms with Crippen LogP contribution < -0.4 is 5.32 Å². The van der Waals surface area contributed by atoms with Gasteiger partial charge in [-0.1, -0.05) is 28.1 Å². The number of aldehydes is 1. The number of carbonyl (C=O) groups excluding carboxylic acids is 2. The Morgan fingerprint density at radius 1 is 1.04 bits per heavy atom. The van der Waals surface area contributed by atoms with Crippen LogP contribution in [0.15, 0.2) is 63.8 Å². The highest BCUT2D eigenvalue weighted by Gasteiger charge is 2.16. The molecule has 4 aromatic rings. The maximum Gasteiger partial charge on any atom is 0.256 e. The van der Waals surface area contributed by atoms with Crippen molar-refractivity contribution in [1.82, 2.24) is 0 Å². The molecule has 0 atom stereocenters. The van der Waals surface area contributed by atoms with Crippen molar-refractivity contribution in [1.29, 1.82) is 0 Å². The van der Waals surface area contributed by atoms with Gasteiger partial charge < -0.3 is 5.32 Å². The highest BCUT2D eigenvalue weighted by Crippen LogP contribution is 2.35. The number of benzene rings is 2. The first-order valence-electron chi connectivity index (χ1n) is 7.77. The fourth-order valence-electron chi connectivity index (χ4n) is 2.72. The van der Waals surface area contributed by atoms with E-state index in [0.717, 1.165) is 32.0 Å². The molecule has 0 radical (unpaired) electrons. The number of anilines is 1. The SMILES string of the molecule is O=Cc1c(-c2ccc(Br)cc2)csc1NC(=O)c1ccc2sccc2c1. The number of fused-ring (bicyclic) bond motifs is 1. The van der Waals surface area contributed by atoms with Crippen LogP contribution in [0.1, 0.15) is 20.7 Å². The summed E-state index contributed by atoms with van der Waals surface area (Å²) in [6, 6.07) is 15.3. The minimum atomic E-state index is -0.217. The average molecular weight is 442 g/mol. The molecule has 0 fully saturated rings. The van der Waals surface area contributed by atoms with Gasteiger partial charge in [-0.05, 0) is 52.7 Å². The van der Waals surface area contributed by atoms with Gasteiger partial charge in [-0.15, -0.1) is 22.7 Å². The molecule has 6 heteroatoms. The standard InChI is InChI=1S/C20H12BrNO2S2/c21-15-4-1-12(2-5-15)17-11-26-20(16(17)10-23)22-19(24)14-3-6-18-13(9-14)7-8-25-18/h1-11H,(H,22,24). The third-order valence-corrected chi connectivity index (χ3v) is 6.38. The van der Waals surface area contributed by atoms with E-state index in [-0.39, 0.29) is 5.91 Å². The van der Waals surface area contributed by atoms with Gasteiger partial charge in [0.25, 0.3) is 5.91 Å². The average Bonchev–Trinajstić information content (AvgIpc) is 3.28. The Morgan fingerprint density at radius 2 is 1.85 bits per heavy atom. The molecule has 1 N–H and O–H groups in total. The normalized spacial score (nSPS) is 10.8. The van der Waals surface area contributed by atoms with Crippen molar-refractivity contribution in [2.45, 2.75) is 0 Å². The third kappa shape index (κ3) is 3.23. The number of halogens is 1. The monoisotopic (exact) mass is 441 g/mol. The Bertz CT molecular complexity index is 1110. The second-order valence-electron chi connectivity index (χ2n) is 5.64. The van der Waals surface area contributed by atoms with Crippen LogP contribution in [0.2, 0.25) is 0 Å². The Kier molecular flexibility index (Phi) is 4.72. The number of hydrogen-bond donors (Lipinski definition) is 1. The van der Waals surface area contributed by atoms with Gasteiger partial charge in [0, 0.05) is 25.7 Å². The Balaban J connectivity index is 1.64. The van der Waals surface area contributed by atoms with E-state index >= 15 is 0 Å². The maximum atomic E-state index is 12.6. The minimum absolute atomic E-state index is 0.217. The molecule has 3 nitrogen and oxygen atoms in total. The summed E-state index contributed by atoms with van der Waals surface area (Å²) in [4.78, 5) is 24.3. The lowest BCUT2D eigenvalue weighted by atomic mass is 10.0. The second kappa shape index (κ2) is 7.15. The summed E-state index contributed by atoms with van der Waals surface area (Å²) in [6.45, 7) is 0. The van der Waals surface area contributed by atoms with Gasteiger partial charge in [-0.25, -0.2) is 0 Å². The molecule has 1 amide bonds. The van der Waals surface area contributed by atoms with Gasteiger partial charge in [0.1, 0.15) is 5.00 Å². The van der Waals surface area contributed by atoms with E-state index in [4.69, 9.17) is 0 Å². The van der Waals surface area contributed by atoms with E-state index in [0.29, 0.717) is 16.1 Å². The third-order valence-electron chi connectivity index (χ3n) is 4.04. The van der Waals surface area contributed by atoms with Crippen molar-refractivity contribution in [3.63, 3.8) is 0 Å². The molecule has 0 aliphatic carbocycles. The summed E-state index contributed by atoms with van der Waals surface area (Å²) in [5.74, 6) is -0.217. The molecule has 0 saturated heterocycles. The van der Waals surface area contributed by atoms with Gasteiger partial charge >= 0.3 is 0 Å². The molecule has 128 valence electrons. The molecule has 2 aromatic heterocycles. The van der Waals surface area contributed by atoms with Crippen molar-refractivity contribution >= 4 is 65.9 Å². The molecule has 0 unspecified atom stereocenters. The Labute approximate surface area is 166 Å². The van der Waals surface area contributed by atoms with Gasteiger partial charge in [-0.2, -0.15) is 0 Å². The van der Waals surface area contributed by atoms with E-state index in [2.05, 4.69) is 21.2 Å². The molecule has 0 saturated carbocycles. The van der Waals surface area contributed by atoms with E-state index in [9.17, 15) is 9.59 Å². The lowest BCUT2D eigenvalue weighted by Gasteiger charge is -2.05. The van der Waals surface area contributed by atoms with Crippen molar-refractivity contribution in [3.8, 4) is 11.1 Å². The lowest BCUT2D eigenvalue weighted by Crippen LogP contribution is -2.11. The van der Waals surface area contributed by atoms with Crippen LogP contribution in [0.4, 0.5) is 5.00 Å². The minimum Gasteiger partial charge on any atom is -0.313 e. The number of carbonyl (C=O) groups is 2. The molecule has 0 bridgehead atoms. The zero-order valence-electron chi connectivity index (χ0n) is 13.4. The molecular formula is C20H12BrNO2S2. The molecule has 0 aliphatic heterocycles. The van der Waals surface area contributed by atoms with Crippen LogP contribution in [-0.2, 0) is 0 Å². The molecule has 0 aliphatic rings. The van der Waals surface area contributed by atoms with E-state index in [1.54, 1.807) is 17.4 Å². The quantitative estimate of drug-likeness (QED) is 0.369. The molecule has 0 spiro atoms. The first-order valence-corrected chi connectivity index (χ1v) is 10.3. The van der Waals surface area contributed by atoms with Crippen molar-refractivity contribution < 1.29 is 9.59 Å². The predicted octanol–water partition coefficient (Wildman–Crippen LogP) is 6.46. The summed E-state index contributed by atoms with van der Waals surface area (Å²) < 4.78 is 2.12. The summed E-state index contributed by atoms with van der Waals surface area (Å²) >= 11 is 6.40. The maximum absolute atomic E-state index is 12.6. The van der Waals surface area contributed by atoms with Crippen LogP contribution in [-0.4, -0.2) is 12.2 Å². The number of thiophene rings is 2. The van der Waals surface area contributed by atoms with Crippen molar-refractivity contribution in [3.05, 3.63) is 74.9 Å². The van der Waals surface area contributed by atoms with Gasteiger partial charge in [0.15, 0.2) is 6.29 Å². The summed E-state index contributed by atoms with van der Waals surface area (Å²) in [5.41, 5.74) is 2.83. The van der Waals surface area contributed by atoms with Crippen LogP contribution in [0, 0.1) is 0 Å².